The van der Waals surface area contributed by atoms with Crippen molar-refractivity contribution >= 4 is 17.6 Å². The van der Waals surface area contributed by atoms with Crippen LogP contribution in [-0.2, 0) is 6.18 Å². The van der Waals surface area contributed by atoms with Crippen LogP contribution < -0.4 is 16.4 Å². The molecule has 0 bridgehead atoms. The van der Waals surface area contributed by atoms with Gasteiger partial charge in [0.05, 0.1) is 5.56 Å². The molecule has 0 radical (unpaired) electrons. The molecule has 0 aliphatic carbocycles. The number of hydrogen-bond acceptors (Lipinski definition) is 5. The summed E-state index contributed by atoms with van der Waals surface area (Å²) in [6, 6.07) is 4.91. The summed E-state index contributed by atoms with van der Waals surface area (Å²) in [5.74, 6) is 0.0782. The Bertz CT molecular complexity index is 579. The number of nitrogens with two attached hydrogens (primary N) is 2. The van der Waals surface area contributed by atoms with Crippen LogP contribution in [0.4, 0.5) is 18.9 Å². The van der Waals surface area contributed by atoms with Gasteiger partial charge in [0.1, 0.15) is 6.17 Å². The summed E-state index contributed by atoms with van der Waals surface area (Å²) in [7, 11) is 0. The van der Waals surface area contributed by atoms with Crippen LogP contribution in [0.2, 0.25) is 0 Å². The number of aliphatic imine (C=N–C) groups is 2. The molecule has 1 aromatic carbocycles. The van der Waals surface area contributed by atoms with Gasteiger partial charge in [-0.2, -0.15) is 18.2 Å². The minimum atomic E-state index is -4.42. The van der Waals surface area contributed by atoms with Crippen LogP contribution in [0.3, 0.4) is 0 Å². The third-order valence-corrected chi connectivity index (χ3v) is 3.05. The average Bonchev–Trinajstić information content (AvgIpc) is 2.37. The van der Waals surface area contributed by atoms with Gasteiger partial charge in [0, 0.05) is 5.69 Å². The molecule has 0 aromatic heterocycles. The van der Waals surface area contributed by atoms with E-state index in [2.05, 4.69) is 9.98 Å². The van der Waals surface area contributed by atoms with Gasteiger partial charge in [0.25, 0.3) is 0 Å². The minimum Gasteiger partial charge on any atom is -0.369 e. The van der Waals surface area contributed by atoms with E-state index in [-0.39, 0.29) is 11.9 Å². The molecule has 1 heterocycles. The van der Waals surface area contributed by atoms with Crippen LogP contribution in [0.1, 0.15) is 25.3 Å². The first kappa shape index (κ1) is 15.1. The minimum absolute atomic E-state index is 0.0363. The molecule has 1 aliphatic heterocycles. The van der Waals surface area contributed by atoms with Gasteiger partial charge in [0.2, 0.25) is 11.9 Å². The van der Waals surface area contributed by atoms with E-state index in [4.69, 9.17) is 11.5 Å². The Labute approximate surface area is 120 Å². The quantitative estimate of drug-likeness (QED) is 0.898. The third-order valence-electron chi connectivity index (χ3n) is 3.05. The Hall–Kier alpha value is -2.25. The van der Waals surface area contributed by atoms with Crippen LogP contribution in [0, 0.1) is 0 Å². The average molecular weight is 299 g/mol. The fraction of sp³-hybridized carbons (Fsp3) is 0.385. The SMILES string of the molecule is CCCC1N=C(N)N=C(N)N1c1cccc(C(F)(F)F)c1. The summed E-state index contributed by atoms with van der Waals surface area (Å²) in [6.45, 7) is 1.94. The second kappa shape index (κ2) is 5.63. The molecule has 2 rings (SSSR count). The summed E-state index contributed by atoms with van der Waals surface area (Å²) in [5.41, 5.74) is 10.9. The lowest BCUT2D eigenvalue weighted by Crippen LogP contribution is -2.48. The first-order valence-electron chi connectivity index (χ1n) is 6.47. The van der Waals surface area contributed by atoms with Crippen molar-refractivity contribution in [1.82, 2.24) is 0 Å². The molecule has 8 heteroatoms. The van der Waals surface area contributed by atoms with Gasteiger partial charge in [-0.15, -0.1) is 0 Å². The highest BCUT2D eigenvalue weighted by Gasteiger charge is 2.32. The molecule has 0 saturated heterocycles. The molecule has 114 valence electrons. The van der Waals surface area contributed by atoms with E-state index in [1.54, 1.807) is 0 Å². The normalized spacial score (nSPS) is 19.2. The van der Waals surface area contributed by atoms with Crippen LogP contribution in [0.25, 0.3) is 0 Å². The van der Waals surface area contributed by atoms with Gasteiger partial charge in [-0.1, -0.05) is 19.4 Å². The highest BCUT2D eigenvalue weighted by atomic mass is 19.4. The van der Waals surface area contributed by atoms with Gasteiger partial charge in [-0.25, -0.2) is 4.99 Å². The maximum atomic E-state index is 12.8. The lowest BCUT2D eigenvalue weighted by molar-refractivity contribution is -0.137. The van der Waals surface area contributed by atoms with Crippen LogP contribution >= 0.6 is 0 Å². The van der Waals surface area contributed by atoms with E-state index in [0.29, 0.717) is 12.1 Å². The molecule has 1 aromatic rings. The van der Waals surface area contributed by atoms with Crippen LogP contribution in [0.5, 0.6) is 0 Å². The van der Waals surface area contributed by atoms with Gasteiger partial charge >= 0.3 is 6.18 Å². The Morgan fingerprint density at radius 2 is 2.00 bits per heavy atom. The van der Waals surface area contributed by atoms with Crippen molar-refractivity contribution in [2.45, 2.75) is 32.1 Å². The number of anilines is 1. The van der Waals surface area contributed by atoms with Crippen molar-refractivity contribution in [2.75, 3.05) is 4.90 Å². The number of rotatable bonds is 3. The van der Waals surface area contributed by atoms with Gasteiger partial charge in [0.15, 0.2) is 0 Å². The second-order valence-electron chi connectivity index (χ2n) is 4.64. The zero-order valence-electron chi connectivity index (χ0n) is 11.4. The Morgan fingerprint density at radius 1 is 1.29 bits per heavy atom. The van der Waals surface area contributed by atoms with E-state index in [1.807, 2.05) is 6.92 Å². The molecule has 0 amide bonds. The third kappa shape index (κ3) is 3.26. The monoisotopic (exact) mass is 299 g/mol. The Balaban J connectivity index is 2.41. The number of alkyl halides is 3. The van der Waals surface area contributed by atoms with Crippen molar-refractivity contribution in [2.24, 2.45) is 21.5 Å². The fourth-order valence-corrected chi connectivity index (χ4v) is 2.15. The van der Waals surface area contributed by atoms with Crippen molar-refractivity contribution < 1.29 is 13.2 Å². The lowest BCUT2D eigenvalue weighted by atomic mass is 10.1. The number of halogens is 3. The molecule has 5 nitrogen and oxygen atoms in total. The van der Waals surface area contributed by atoms with Crippen LogP contribution in [-0.4, -0.2) is 18.1 Å². The predicted molar refractivity (Wildman–Crippen MR) is 75.9 cm³/mol. The van der Waals surface area contributed by atoms with E-state index < -0.39 is 17.9 Å². The molecule has 1 aliphatic rings. The van der Waals surface area contributed by atoms with Crippen molar-refractivity contribution in [3.05, 3.63) is 29.8 Å². The molecule has 0 fully saturated rings. The first-order chi connectivity index (χ1) is 9.82. The van der Waals surface area contributed by atoms with Crippen molar-refractivity contribution in [3.8, 4) is 0 Å². The summed E-state index contributed by atoms with van der Waals surface area (Å²) in [5, 5.41) is 0. The van der Waals surface area contributed by atoms with Crippen LogP contribution in [0.15, 0.2) is 34.3 Å². The van der Waals surface area contributed by atoms with E-state index in [0.717, 1.165) is 18.6 Å². The number of hydrogen-bond donors (Lipinski definition) is 2. The Kier molecular flexibility index (Phi) is 4.06. The number of nitrogens with zero attached hydrogens (tertiary/aromatic N) is 3. The first-order valence-corrected chi connectivity index (χ1v) is 6.47. The summed E-state index contributed by atoms with van der Waals surface area (Å²) >= 11 is 0. The Morgan fingerprint density at radius 3 is 2.62 bits per heavy atom. The lowest BCUT2D eigenvalue weighted by Gasteiger charge is -2.32. The van der Waals surface area contributed by atoms with Crippen molar-refractivity contribution in [3.63, 3.8) is 0 Å². The maximum Gasteiger partial charge on any atom is 0.416 e. The molecular weight excluding hydrogens is 283 g/mol. The molecular formula is C13H16F3N5. The maximum absolute atomic E-state index is 12.8. The zero-order chi connectivity index (χ0) is 15.6. The van der Waals surface area contributed by atoms with Crippen molar-refractivity contribution in [1.29, 1.82) is 0 Å². The molecule has 1 unspecified atom stereocenters. The van der Waals surface area contributed by atoms with E-state index in [1.165, 1.54) is 17.0 Å². The van der Waals surface area contributed by atoms with E-state index >= 15 is 0 Å². The van der Waals surface area contributed by atoms with Gasteiger partial charge in [-0.3, -0.25) is 4.90 Å². The molecule has 21 heavy (non-hydrogen) atoms. The van der Waals surface area contributed by atoms with E-state index in [9.17, 15) is 13.2 Å². The molecule has 1 atom stereocenters. The number of guanidine groups is 2. The predicted octanol–water partition coefficient (Wildman–Crippen LogP) is 2.28. The number of benzene rings is 1. The van der Waals surface area contributed by atoms with Gasteiger partial charge in [-0.05, 0) is 24.6 Å². The highest BCUT2D eigenvalue weighted by molar-refractivity contribution is 6.04. The largest absolute Gasteiger partial charge is 0.416 e. The molecule has 0 saturated carbocycles. The second-order valence-corrected chi connectivity index (χ2v) is 4.64. The summed E-state index contributed by atoms with van der Waals surface area (Å²) in [6.07, 6.45) is -3.48. The highest BCUT2D eigenvalue weighted by Crippen LogP contribution is 2.32. The topological polar surface area (TPSA) is 80.0 Å². The van der Waals surface area contributed by atoms with Gasteiger partial charge < -0.3 is 11.5 Å². The smallest absolute Gasteiger partial charge is 0.369 e. The molecule has 0 spiro atoms. The fourth-order valence-electron chi connectivity index (χ4n) is 2.15. The zero-order valence-corrected chi connectivity index (χ0v) is 11.4. The summed E-state index contributed by atoms with van der Waals surface area (Å²) < 4.78 is 38.4. The standard InChI is InChI=1S/C13H16F3N5/c1-2-4-10-19-11(17)20-12(18)21(10)9-6-3-5-8(7-9)13(14,15)16/h3,5-7,10H,2,4H2,1H3,(H4,17,18,19,20). The summed E-state index contributed by atoms with van der Waals surface area (Å²) in [4.78, 5) is 9.44. The molecule has 4 N–H and O–H groups in total.